The molecule has 0 amide bonds. The largest absolute Gasteiger partial charge is 0.428 e. The Bertz CT molecular complexity index is 677. The van der Waals surface area contributed by atoms with Gasteiger partial charge in [0.1, 0.15) is 5.52 Å². The first-order valence-corrected chi connectivity index (χ1v) is 7.57. The zero-order chi connectivity index (χ0) is 14.0. The number of anilines is 1. The average molecular weight is 283 g/mol. The second kappa shape index (κ2) is 5.18. The molecule has 104 valence electrons. The van der Waals surface area contributed by atoms with Crippen LogP contribution in [-0.4, -0.2) is 44.7 Å². The van der Waals surface area contributed by atoms with Crippen LogP contribution in [0.5, 0.6) is 0 Å². The maximum Gasteiger partial charge on any atom is 0.316 e. The van der Waals surface area contributed by atoms with Crippen LogP contribution in [0.3, 0.4) is 0 Å². The van der Waals surface area contributed by atoms with Gasteiger partial charge < -0.3 is 15.1 Å². The van der Waals surface area contributed by atoms with E-state index in [1.54, 1.807) is 18.2 Å². The van der Waals surface area contributed by atoms with Crippen LogP contribution < -0.4 is 5.73 Å². The van der Waals surface area contributed by atoms with Crippen LogP contribution in [0.2, 0.25) is 0 Å². The van der Waals surface area contributed by atoms with Crippen LogP contribution in [0.25, 0.3) is 11.1 Å². The molecule has 0 atom stereocenters. The SMILES string of the molecule is CN(C)CCCS(=O)(=O)c1nc2cc(N)ccc2o1. The molecule has 0 spiro atoms. The number of nitrogens with two attached hydrogens (primary N) is 1. The fourth-order valence-corrected chi connectivity index (χ4v) is 2.85. The van der Waals surface area contributed by atoms with Crippen molar-refractivity contribution in [3.05, 3.63) is 18.2 Å². The van der Waals surface area contributed by atoms with Crippen LogP contribution in [0.15, 0.2) is 27.8 Å². The minimum absolute atomic E-state index is 0.0213. The Kier molecular flexibility index (Phi) is 3.77. The topological polar surface area (TPSA) is 89.4 Å². The fraction of sp³-hybridized carbons (Fsp3) is 0.417. The Morgan fingerprint density at radius 1 is 1.37 bits per heavy atom. The average Bonchev–Trinajstić information content (AvgIpc) is 2.71. The number of nitrogen functional groups attached to an aromatic ring is 1. The lowest BCUT2D eigenvalue weighted by atomic mass is 10.3. The number of hydrogen-bond acceptors (Lipinski definition) is 6. The third kappa shape index (κ3) is 3.24. The molecule has 1 heterocycles. The number of oxazole rings is 1. The molecule has 19 heavy (non-hydrogen) atoms. The van der Waals surface area contributed by atoms with Gasteiger partial charge in [0.25, 0.3) is 0 Å². The van der Waals surface area contributed by atoms with Gasteiger partial charge in [-0.25, -0.2) is 8.42 Å². The zero-order valence-electron chi connectivity index (χ0n) is 11.0. The Morgan fingerprint density at radius 3 is 2.79 bits per heavy atom. The number of hydrogen-bond donors (Lipinski definition) is 1. The predicted molar refractivity (Wildman–Crippen MR) is 73.6 cm³/mol. The number of nitrogens with zero attached hydrogens (tertiary/aromatic N) is 2. The normalized spacial score (nSPS) is 12.4. The van der Waals surface area contributed by atoms with Crippen LogP contribution in [0.4, 0.5) is 5.69 Å². The maximum absolute atomic E-state index is 12.1. The summed E-state index contributed by atoms with van der Waals surface area (Å²) in [5.41, 5.74) is 7.04. The van der Waals surface area contributed by atoms with Crippen LogP contribution in [0, 0.1) is 0 Å². The van der Waals surface area contributed by atoms with Crippen molar-refractivity contribution in [2.45, 2.75) is 11.6 Å². The summed E-state index contributed by atoms with van der Waals surface area (Å²) >= 11 is 0. The number of rotatable bonds is 5. The second-order valence-electron chi connectivity index (χ2n) is 4.68. The van der Waals surface area contributed by atoms with Gasteiger partial charge in [-0.1, -0.05) is 0 Å². The molecule has 1 aromatic heterocycles. The fourth-order valence-electron chi connectivity index (χ4n) is 1.71. The highest BCUT2D eigenvalue weighted by atomic mass is 32.2. The summed E-state index contributed by atoms with van der Waals surface area (Å²) in [5, 5.41) is -0.230. The Labute approximate surface area is 112 Å². The molecule has 1 aromatic carbocycles. The van der Waals surface area contributed by atoms with E-state index in [9.17, 15) is 8.42 Å². The van der Waals surface area contributed by atoms with Crippen LogP contribution in [-0.2, 0) is 9.84 Å². The molecule has 7 heteroatoms. The molecule has 2 rings (SSSR count). The molecule has 0 bridgehead atoms. The van der Waals surface area contributed by atoms with E-state index >= 15 is 0 Å². The molecule has 0 fully saturated rings. The smallest absolute Gasteiger partial charge is 0.316 e. The Morgan fingerprint density at radius 2 is 2.11 bits per heavy atom. The van der Waals surface area contributed by atoms with Crippen molar-refractivity contribution in [2.24, 2.45) is 0 Å². The van der Waals surface area contributed by atoms with E-state index in [1.807, 2.05) is 19.0 Å². The number of benzene rings is 1. The molecule has 6 nitrogen and oxygen atoms in total. The molecule has 0 aliphatic rings. The van der Waals surface area contributed by atoms with E-state index in [-0.39, 0.29) is 11.0 Å². The number of aromatic nitrogens is 1. The van der Waals surface area contributed by atoms with E-state index in [0.717, 1.165) is 0 Å². The van der Waals surface area contributed by atoms with Crippen molar-refractivity contribution < 1.29 is 12.8 Å². The first-order valence-electron chi connectivity index (χ1n) is 5.92. The highest BCUT2D eigenvalue weighted by Crippen LogP contribution is 2.21. The quantitative estimate of drug-likeness (QED) is 0.827. The number of fused-ring (bicyclic) bond motifs is 1. The van der Waals surface area contributed by atoms with E-state index in [1.165, 1.54) is 0 Å². The zero-order valence-corrected chi connectivity index (χ0v) is 11.8. The van der Waals surface area contributed by atoms with Crippen molar-refractivity contribution in [2.75, 3.05) is 32.1 Å². The lowest BCUT2D eigenvalue weighted by Crippen LogP contribution is -2.17. The second-order valence-corrected chi connectivity index (χ2v) is 6.67. The monoisotopic (exact) mass is 283 g/mol. The maximum atomic E-state index is 12.1. The molecule has 2 aromatic rings. The molecule has 0 aliphatic carbocycles. The summed E-state index contributed by atoms with van der Waals surface area (Å²) in [7, 11) is 0.319. The molecule has 0 aliphatic heterocycles. The van der Waals surface area contributed by atoms with E-state index in [0.29, 0.717) is 29.8 Å². The highest BCUT2D eigenvalue weighted by Gasteiger charge is 2.21. The summed E-state index contributed by atoms with van der Waals surface area (Å²) in [5.74, 6) is 0.0213. The molecular weight excluding hydrogens is 266 g/mol. The van der Waals surface area contributed by atoms with Gasteiger partial charge in [-0.15, -0.1) is 0 Å². The van der Waals surface area contributed by atoms with E-state index in [4.69, 9.17) is 10.2 Å². The van der Waals surface area contributed by atoms with E-state index < -0.39 is 9.84 Å². The Hall–Kier alpha value is -1.60. The number of sulfone groups is 1. The lowest BCUT2D eigenvalue weighted by molar-refractivity contribution is 0.406. The van der Waals surface area contributed by atoms with Gasteiger partial charge in [0.15, 0.2) is 5.58 Å². The predicted octanol–water partition coefficient (Wildman–Crippen LogP) is 1.14. The highest BCUT2D eigenvalue weighted by molar-refractivity contribution is 7.91. The molecule has 0 radical (unpaired) electrons. The van der Waals surface area contributed by atoms with Gasteiger partial charge in [-0.2, -0.15) is 4.98 Å². The third-order valence-electron chi connectivity index (χ3n) is 2.68. The van der Waals surface area contributed by atoms with Gasteiger partial charge in [0, 0.05) is 5.69 Å². The molecular formula is C12H17N3O3S. The van der Waals surface area contributed by atoms with Crippen molar-refractivity contribution in [1.29, 1.82) is 0 Å². The van der Waals surface area contributed by atoms with Crippen molar-refractivity contribution in [3.8, 4) is 0 Å². The Balaban J connectivity index is 2.23. The molecule has 0 unspecified atom stereocenters. The van der Waals surface area contributed by atoms with Crippen molar-refractivity contribution >= 4 is 26.6 Å². The standard InChI is InChI=1S/C12H17N3O3S/c1-15(2)6-3-7-19(16,17)12-14-10-8-9(13)4-5-11(10)18-12/h4-5,8H,3,6-7,13H2,1-2H3. The molecule has 2 N–H and O–H groups in total. The first-order chi connectivity index (χ1) is 8.88. The van der Waals surface area contributed by atoms with Crippen molar-refractivity contribution in [3.63, 3.8) is 0 Å². The summed E-state index contributed by atoms with van der Waals surface area (Å²) in [6, 6.07) is 4.87. The molecule has 0 saturated carbocycles. The molecule has 0 saturated heterocycles. The van der Waals surface area contributed by atoms with Crippen LogP contribution in [0.1, 0.15) is 6.42 Å². The minimum Gasteiger partial charge on any atom is -0.428 e. The van der Waals surface area contributed by atoms with Gasteiger partial charge in [-0.3, -0.25) is 0 Å². The summed E-state index contributed by atoms with van der Waals surface area (Å²) in [6.45, 7) is 0.701. The van der Waals surface area contributed by atoms with E-state index in [2.05, 4.69) is 4.98 Å². The summed E-state index contributed by atoms with van der Waals surface area (Å²) in [6.07, 6.45) is 0.538. The summed E-state index contributed by atoms with van der Waals surface area (Å²) < 4.78 is 29.4. The van der Waals surface area contributed by atoms with Gasteiger partial charge in [-0.05, 0) is 45.3 Å². The van der Waals surface area contributed by atoms with Gasteiger partial charge in [0.05, 0.1) is 5.75 Å². The third-order valence-corrected chi connectivity index (χ3v) is 4.21. The van der Waals surface area contributed by atoms with Crippen molar-refractivity contribution in [1.82, 2.24) is 9.88 Å². The minimum atomic E-state index is -3.48. The first kappa shape index (κ1) is 13.8. The van der Waals surface area contributed by atoms with Gasteiger partial charge >= 0.3 is 5.22 Å². The lowest BCUT2D eigenvalue weighted by Gasteiger charge is -2.07. The van der Waals surface area contributed by atoms with Crippen LogP contribution >= 0.6 is 0 Å². The summed E-state index contributed by atoms with van der Waals surface area (Å²) in [4.78, 5) is 5.93. The van der Waals surface area contributed by atoms with Gasteiger partial charge in [0.2, 0.25) is 9.84 Å².